The summed E-state index contributed by atoms with van der Waals surface area (Å²) in [4.78, 5) is 12.3. The number of fused-ring (bicyclic) bond motifs is 1. The van der Waals surface area contributed by atoms with Crippen molar-refractivity contribution in [1.82, 2.24) is 0 Å². The summed E-state index contributed by atoms with van der Waals surface area (Å²) in [5, 5.41) is 9.14. The van der Waals surface area contributed by atoms with Crippen LogP contribution in [0.25, 0.3) is 0 Å². The van der Waals surface area contributed by atoms with Gasteiger partial charge in [0.05, 0.1) is 0 Å². The zero-order valence-corrected chi connectivity index (χ0v) is 7.23. The molecule has 0 atom stereocenters. The van der Waals surface area contributed by atoms with Crippen LogP contribution in [0.5, 0.6) is 5.75 Å². The lowest BCUT2D eigenvalue weighted by atomic mass is 10.1. The third-order valence-corrected chi connectivity index (χ3v) is 2.93. The van der Waals surface area contributed by atoms with Gasteiger partial charge in [-0.2, -0.15) is 0 Å². The van der Waals surface area contributed by atoms with Gasteiger partial charge in [0.2, 0.25) is 0 Å². The number of phenolic OH excluding ortho intramolecular Hbond substituents is 1. The van der Waals surface area contributed by atoms with Crippen molar-refractivity contribution in [3.05, 3.63) is 23.8 Å². The molecule has 0 radical (unpaired) electrons. The zero-order chi connectivity index (χ0) is 8.55. The second-order valence-corrected chi connectivity index (χ2v) is 3.84. The third kappa shape index (κ3) is 1.20. The number of thioether (sulfide) groups is 1. The van der Waals surface area contributed by atoms with E-state index >= 15 is 0 Å². The van der Waals surface area contributed by atoms with Crippen molar-refractivity contribution in [1.29, 1.82) is 0 Å². The molecule has 2 nitrogen and oxygen atoms in total. The normalized spacial score (nSPS) is 15.8. The first kappa shape index (κ1) is 7.68. The molecule has 0 saturated carbocycles. The van der Waals surface area contributed by atoms with E-state index in [-0.39, 0.29) is 11.5 Å². The molecule has 1 aliphatic heterocycles. The summed E-state index contributed by atoms with van der Waals surface area (Å²) in [6.07, 6.45) is 0.584. The van der Waals surface area contributed by atoms with E-state index in [2.05, 4.69) is 0 Å². The summed E-state index contributed by atoms with van der Waals surface area (Å²) in [7, 11) is 0. The number of hydrogen-bond donors (Lipinski definition) is 1. The maximum absolute atomic E-state index is 11.3. The van der Waals surface area contributed by atoms with Crippen LogP contribution in [0.1, 0.15) is 16.8 Å². The first-order valence-electron chi connectivity index (χ1n) is 3.76. The van der Waals surface area contributed by atoms with E-state index < -0.39 is 0 Å². The van der Waals surface area contributed by atoms with Gasteiger partial charge in [-0.15, -0.1) is 11.8 Å². The minimum absolute atomic E-state index is 0.139. The largest absolute Gasteiger partial charge is 0.508 e. The molecule has 3 heteroatoms. The van der Waals surface area contributed by atoms with Gasteiger partial charge in [0, 0.05) is 22.6 Å². The smallest absolute Gasteiger partial charge is 0.164 e. The first-order valence-corrected chi connectivity index (χ1v) is 4.75. The average molecular weight is 180 g/mol. The Morgan fingerprint density at radius 3 is 3.08 bits per heavy atom. The number of carbonyl (C=O) groups is 1. The van der Waals surface area contributed by atoms with E-state index in [0.29, 0.717) is 12.0 Å². The van der Waals surface area contributed by atoms with Crippen molar-refractivity contribution in [2.24, 2.45) is 0 Å². The molecular formula is C9H8O2S. The number of Topliss-reactive ketones (excluding diaryl/α,β-unsaturated/α-hetero) is 1. The molecule has 0 aliphatic carbocycles. The predicted molar refractivity (Wildman–Crippen MR) is 47.8 cm³/mol. The molecule has 0 unspecified atom stereocenters. The summed E-state index contributed by atoms with van der Waals surface area (Å²) in [5.41, 5.74) is 0.672. The quantitative estimate of drug-likeness (QED) is 0.664. The summed E-state index contributed by atoms with van der Waals surface area (Å²) >= 11 is 1.67. The maximum Gasteiger partial charge on any atom is 0.164 e. The average Bonchev–Trinajstić information content (AvgIpc) is 2.07. The molecule has 0 amide bonds. The lowest BCUT2D eigenvalue weighted by molar-refractivity contribution is 0.0984. The highest BCUT2D eigenvalue weighted by molar-refractivity contribution is 7.99. The Morgan fingerprint density at radius 2 is 2.25 bits per heavy atom. The Morgan fingerprint density at radius 1 is 1.42 bits per heavy atom. The fourth-order valence-corrected chi connectivity index (χ4v) is 2.25. The lowest BCUT2D eigenvalue weighted by Crippen LogP contribution is -2.07. The first-order chi connectivity index (χ1) is 5.77. The van der Waals surface area contributed by atoms with Crippen molar-refractivity contribution in [3.8, 4) is 5.75 Å². The van der Waals surface area contributed by atoms with Gasteiger partial charge in [-0.3, -0.25) is 4.79 Å². The Balaban J connectivity index is 2.54. The van der Waals surface area contributed by atoms with Crippen molar-refractivity contribution >= 4 is 17.5 Å². The van der Waals surface area contributed by atoms with Gasteiger partial charge >= 0.3 is 0 Å². The van der Waals surface area contributed by atoms with Crippen LogP contribution in [0.2, 0.25) is 0 Å². The third-order valence-electron chi connectivity index (χ3n) is 1.85. The van der Waals surface area contributed by atoms with Gasteiger partial charge in [0.15, 0.2) is 5.78 Å². The van der Waals surface area contributed by atoms with Crippen LogP contribution in [0.15, 0.2) is 23.1 Å². The number of rotatable bonds is 0. The standard InChI is InChI=1S/C9H8O2S/c10-6-1-2-9-7(5-6)8(11)3-4-12-9/h1-2,5,10H,3-4H2. The van der Waals surface area contributed by atoms with Gasteiger partial charge < -0.3 is 5.11 Å². The Bertz CT molecular complexity index is 333. The van der Waals surface area contributed by atoms with Crippen LogP contribution in [0.3, 0.4) is 0 Å². The summed E-state index contributed by atoms with van der Waals surface area (Å²) < 4.78 is 0. The van der Waals surface area contributed by atoms with E-state index in [1.54, 1.807) is 30.0 Å². The summed E-state index contributed by atoms with van der Waals surface area (Å²) in [6.45, 7) is 0. The van der Waals surface area contributed by atoms with Gasteiger partial charge in [-0.25, -0.2) is 0 Å². The number of phenols is 1. The van der Waals surface area contributed by atoms with E-state index in [4.69, 9.17) is 5.11 Å². The number of benzene rings is 1. The summed E-state index contributed by atoms with van der Waals surface area (Å²) in [6, 6.07) is 4.96. The number of carbonyl (C=O) groups excluding carboxylic acids is 1. The van der Waals surface area contributed by atoms with E-state index in [0.717, 1.165) is 10.6 Å². The topological polar surface area (TPSA) is 37.3 Å². The summed E-state index contributed by atoms with van der Waals surface area (Å²) in [5.74, 6) is 1.17. The molecule has 1 aliphatic rings. The molecule has 62 valence electrons. The second-order valence-electron chi connectivity index (χ2n) is 2.70. The monoisotopic (exact) mass is 180 g/mol. The lowest BCUT2D eigenvalue weighted by Gasteiger charge is -2.13. The molecule has 1 heterocycles. The van der Waals surface area contributed by atoms with Gasteiger partial charge in [0.1, 0.15) is 5.75 Å². The predicted octanol–water partition coefficient (Wildman–Crippen LogP) is 2.07. The second kappa shape index (κ2) is 2.83. The SMILES string of the molecule is O=C1CCSc2ccc(O)cc21. The van der Waals surface area contributed by atoms with Crippen LogP contribution in [0.4, 0.5) is 0 Å². The molecule has 1 aromatic rings. The van der Waals surface area contributed by atoms with E-state index in [1.165, 1.54) is 0 Å². The fourth-order valence-electron chi connectivity index (χ4n) is 1.25. The minimum atomic E-state index is 0.139. The molecule has 1 N–H and O–H groups in total. The molecule has 0 bridgehead atoms. The van der Waals surface area contributed by atoms with Gasteiger partial charge in [-0.05, 0) is 18.2 Å². The van der Waals surface area contributed by atoms with Crippen molar-refractivity contribution in [2.45, 2.75) is 11.3 Å². The number of aromatic hydroxyl groups is 1. The molecule has 0 fully saturated rings. The Labute approximate surface area is 74.6 Å². The Kier molecular flexibility index (Phi) is 1.81. The highest BCUT2D eigenvalue weighted by Gasteiger charge is 2.17. The van der Waals surface area contributed by atoms with Crippen molar-refractivity contribution in [3.63, 3.8) is 0 Å². The fraction of sp³-hybridized carbons (Fsp3) is 0.222. The van der Waals surface area contributed by atoms with Crippen LogP contribution in [0, 0.1) is 0 Å². The van der Waals surface area contributed by atoms with Gasteiger partial charge in [0.25, 0.3) is 0 Å². The highest BCUT2D eigenvalue weighted by Crippen LogP contribution is 2.31. The Hall–Kier alpha value is -0.960. The van der Waals surface area contributed by atoms with Crippen LogP contribution in [-0.2, 0) is 0 Å². The number of hydrogen-bond acceptors (Lipinski definition) is 3. The molecule has 12 heavy (non-hydrogen) atoms. The van der Waals surface area contributed by atoms with E-state index in [9.17, 15) is 4.79 Å². The number of ketones is 1. The molecule has 0 aromatic heterocycles. The minimum Gasteiger partial charge on any atom is -0.508 e. The molecule has 2 rings (SSSR count). The molecular weight excluding hydrogens is 172 g/mol. The van der Waals surface area contributed by atoms with Crippen molar-refractivity contribution in [2.75, 3.05) is 5.75 Å². The maximum atomic E-state index is 11.3. The van der Waals surface area contributed by atoms with Crippen LogP contribution >= 0.6 is 11.8 Å². The zero-order valence-electron chi connectivity index (χ0n) is 6.41. The highest BCUT2D eigenvalue weighted by atomic mass is 32.2. The molecule has 1 aromatic carbocycles. The molecule has 0 spiro atoms. The van der Waals surface area contributed by atoms with Crippen molar-refractivity contribution < 1.29 is 9.90 Å². The molecule has 0 saturated heterocycles. The van der Waals surface area contributed by atoms with Gasteiger partial charge in [-0.1, -0.05) is 0 Å². The van der Waals surface area contributed by atoms with Crippen LogP contribution in [-0.4, -0.2) is 16.6 Å². The van der Waals surface area contributed by atoms with Crippen LogP contribution < -0.4 is 0 Å². The van der Waals surface area contributed by atoms with E-state index in [1.807, 2.05) is 0 Å².